The zero-order valence-electron chi connectivity index (χ0n) is 8.24. The molecule has 0 saturated heterocycles. The topological polar surface area (TPSA) is 12.0 Å². The Balaban J connectivity index is 1.80. The van der Waals surface area contributed by atoms with E-state index in [2.05, 4.69) is 41.6 Å². The molecular formula is C13H15N. The van der Waals surface area contributed by atoms with Crippen molar-refractivity contribution in [2.75, 3.05) is 6.54 Å². The molecule has 2 rings (SSSR count). The van der Waals surface area contributed by atoms with Gasteiger partial charge >= 0.3 is 0 Å². The first-order valence-corrected chi connectivity index (χ1v) is 5.13. The highest BCUT2D eigenvalue weighted by Gasteiger charge is 2.37. The Morgan fingerprint density at radius 2 is 2.14 bits per heavy atom. The smallest absolute Gasteiger partial charge is 0.0212 e. The summed E-state index contributed by atoms with van der Waals surface area (Å²) in [6, 6.07) is 11.3. The predicted octanol–water partition coefficient (Wildman–Crippen LogP) is 2.16. The molecule has 2 unspecified atom stereocenters. The van der Waals surface area contributed by atoms with Gasteiger partial charge < -0.3 is 5.32 Å². The lowest BCUT2D eigenvalue weighted by atomic mass is 10.1. The third kappa shape index (κ3) is 2.16. The van der Waals surface area contributed by atoms with Gasteiger partial charge in [0.2, 0.25) is 0 Å². The van der Waals surface area contributed by atoms with E-state index in [-0.39, 0.29) is 0 Å². The van der Waals surface area contributed by atoms with Crippen LogP contribution in [0.1, 0.15) is 24.3 Å². The van der Waals surface area contributed by atoms with Crippen LogP contribution in [-0.2, 0) is 0 Å². The van der Waals surface area contributed by atoms with Gasteiger partial charge in [-0.25, -0.2) is 0 Å². The molecule has 0 amide bonds. The van der Waals surface area contributed by atoms with Crippen LogP contribution in [0.25, 0.3) is 0 Å². The fourth-order valence-electron chi connectivity index (χ4n) is 1.82. The maximum atomic E-state index is 5.19. The quantitative estimate of drug-likeness (QED) is 0.560. The standard InChI is InChI=1S/C13H15N/c1-2-3-9-14-13-10-12(13)11-7-5-4-6-8-11/h1,4-8,12-14H,3,9-10H2. The minimum Gasteiger partial charge on any atom is -0.312 e. The lowest BCUT2D eigenvalue weighted by Gasteiger charge is -2.01. The largest absolute Gasteiger partial charge is 0.312 e. The summed E-state index contributed by atoms with van der Waals surface area (Å²) < 4.78 is 0. The summed E-state index contributed by atoms with van der Waals surface area (Å²) in [6.45, 7) is 0.949. The van der Waals surface area contributed by atoms with Gasteiger partial charge in [0.05, 0.1) is 0 Å². The van der Waals surface area contributed by atoms with Gasteiger partial charge in [0, 0.05) is 24.9 Å². The van der Waals surface area contributed by atoms with Crippen molar-refractivity contribution in [3.63, 3.8) is 0 Å². The highest BCUT2D eigenvalue weighted by molar-refractivity contribution is 5.27. The van der Waals surface area contributed by atoms with Crippen molar-refractivity contribution in [3.8, 4) is 12.3 Å². The normalized spacial score (nSPS) is 24.2. The van der Waals surface area contributed by atoms with E-state index >= 15 is 0 Å². The zero-order valence-corrected chi connectivity index (χ0v) is 8.24. The van der Waals surface area contributed by atoms with Crippen LogP contribution >= 0.6 is 0 Å². The Morgan fingerprint density at radius 3 is 2.86 bits per heavy atom. The van der Waals surface area contributed by atoms with Crippen LogP contribution in [-0.4, -0.2) is 12.6 Å². The van der Waals surface area contributed by atoms with E-state index in [0.29, 0.717) is 12.0 Å². The molecule has 2 atom stereocenters. The van der Waals surface area contributed by atoms with Crippen molar-refractivity contribution in [3.05, 3.63) is 35.9 Å². The Bertz CT molecular complexity index is 323. The van der Waals surface area contributed by atoms with E-state index in [4.69, 9.17) is 6.42 Å². The molecule has 0 radical (unpaired) electrons. The number of rotatable bonds is 4. The molecule has 72 valence electrons. The second-order valence-corrected chi connectivity index (χ2v) is 3.77. The average molecular weight is 185 g/mol. The molecule has 0 bridgehead atoms. The SMILES string of the molecule is C#CCCNC1CC1c1ccccc1. The van der Waals surface area contributed by atoms with Gasteiger partial charge in [0.15, 0.2) is 0 Å². The highest BCUT2D eigenvalue weighted by Crippen LogP contribution is 2.40. The number of nitrogens with one attached hydrogen (secondary N) is 1. The predicted molar refractivity (Wildman–Crippen MR) is 59.0 cm³/mol. The highest BCUT2D eigenvalue weighted by atomic mass is 15.0. The maximum Gasteiger partial charge on any atom is 0.0212 e. The van der Waals surface area contributed by atoms with E-state index < -0.39 is 0 Å². The van der Waals surface area contributed by atoms with Gasteiger partial charge in [-0.15, -0.1) is 12.3 Å². The molecular weight excluding hydrogens is 170 g/mol. The third-order valence-electron chi connectivity index (χ3n) is 2.69. The van der Waals surface area contributed by atoms with Crippen molar-refractivity contribution in [2.45, 2.75) is 24.8 Å². The fraction of sp³-hybridized carbons (Fsp3) is 0.385. The minimum atomic E-state index is 0.658. The molecule has 1 aromatic rings. The fourth-order valence-corrected chi connectivity index (χ4v) is 1.82. The first-order chi connectivity index (χ1) is 6.92. The lowest BCUT2D eigenvalue weighted by Crippen LogP contribution is -2.18. The molecule has 0 spiro atoms. The van der Waals surface area contributed by atoms with Gasteiger partial charge in [-0.3, -0.25) is 0 Å². The van der Waals surface area contributed by atoms with Gasteiger partial charge in [0.25, 0.3) is 0 Å². The van der Waals surface area contributed by atoms with Gasteiger partial charge in [-0.05, 0) is 12.0 Å². The van der Waals surface area contributed by atoms with Crippen molar-refractivity contribution >= 4 is 0 Å². The minimum absolute atomic E-state index is 0.658. The molecule has 14 heavy (non-hydrogen) atoms. The first kappa shape index (κ1) is 9.30. The molecule has 1 saturated carbocycles. The Morgan fingerprint density at radius 1 is 1.36 bits per heavy atom. The summed E-state index contributed by atoms with van der Waals surface area (Å²) >= 11 is 0. The maximum absolute atomic E-state index is 5.19. The summed E-state index contributed by atoms with van der Waals surface area (Å²) in [5.74, 6) is 3.36. The molecule has 1 aliphatic carbocycles. The Hall–Kier alpha value is -1.26. The van der Waals surface area contributed by atoms with E-state index in [1.807, 2.05) is 0 Å². The average Bonchev–Trinajstić information content (AvgIpc) is 2.99. The number of hydrogen-bond acceptors (Lipinski definition) is 1. The molecule has 1 aliphatic rings. The molecule has 1 N–H and O–H groups in total. The zero-order chi connectivity index (χ0) is 9.80. The van der Waals surface area contributed by atoms with Gasteiger partial charge in [0.1, 0.15) is 0 Å². The van der Waals surface area contributed by atoms with Crippen LogP contribution in [0.3, 0.4) is 0 Å². The Labute approximate surface area is 85.5 Å². The monoisotopic (exact) mass is 185 g/mol. The van der Waals surface area contributed by atoms with E-state index in [1.54, 1.807) is 0 Å². The summed E-state index contributed by atoms with van der Waals surface area (Å²) in [5, 5.41) is 3.46. The summed E-state index contributed by atoms with van der Waals surface area (Å²) in [7, 11) is 0. The van der Waals surface area contributed by atoms with Crippen molar-refractivity contribution in [1.82, 2.24) is 5.32 Å². The van der Waals surface area contributed by atoms with Crippen LogP contribution in [0, 0.1) is 12.3 Å². The molecule has 1 heteroatoms. The Kier molecular flexibility index (Phi) is 2.86. The molecule has 1 nitrogen and oxygen atoms in total. The summed E-state index contributed by atoms with van der Waals surface area (Å²) in [6.07, 6.45) is 7.28. The van der Waals surface area contributed by atoms with E-state index in [0.717, 1.165) is 13.0 Å². The van der Waals surface area contributed by atoms with Crippen LogP contribution in [0.4, 0.5) is 0 Å². The summed E-state index contributed by atoms with van der Waals surface area (Å²) in [5.41, 5.74) is 1.45. The number of hydrogen-bond donors (Lipinski definition) is 1. The molecule has 0 aromatic heterocycles. The van der Waals surface area contributed by atoms with Gasteiger partial charge in [-0.1, -0.05) is 30.3 Å². The molecule has 1 fully saturated rings. The summed E-state index contributed by atoms with van der Waals surface area (Å²) in [4.78, 5) is 0. The van der Waals surface area contributed by atoms with Crippen molar-refractivity contribution in [1.29, 1.82) is 0 Å². The molecule has 0 aliphatic heterocycles. The van der Waals surface area contributed by atoms with E-state index in [9.17, 15) is 0 Å². The van der Waals surface area contributed by atoms with Crippen LogP contribution in [0.2, 0.25) is 0 Å². The first-order valence-electron chi connectivity index (χ1n) is 5.13. The molecule has 0 heterocycles. The van der Waals surface area contributed by atoms with Crippen molar-refractivity contribution in [2.24, 2.45) is 0 Å². The van der Waals surface area contributed by atoms with E-state index in [1.165, 1.54) is 12.0 Å². The van der Waals surface area contributed by atoms with Gasteiger partial charge in [-0.2, -0.15) is 0 Å². The second kappa shape index (κ2) is 4.30. The number of terminal acetylenes is 1. The van der Waals surface area contributed by atoms with Crippen LogP contribution in [0.15, 0.2) is 30.3 Å². The van der Waals surface area contributed by atoms with Crippen LogP contribution < -0.4 is 5.32 Å². The second-order valence-electron chi connectivity index (χ2n) is 3.77. The lowest BCUT2D eigenvalue weighted by molar-refractivity contribution is 0.681. The van der Waals surface area contributed by atoms with Crippen molar-refractivity contribution < 1.29 is 0 Å². The molecule has 1 aromatic carbocycles. The third-order valence-corrected chi connectivity index (χ3v) is 2.69. The van der Waals surface area contributed by atoms with Crippen LogP contribution in [0.5, 0.6) is 0 Å². The number of benzene rings is 1.